The fourth-order valence-corrected chi connectivity index (χ4v) is 4.17. The first kappa shape index (κ1) is 19.9. The van der Waals surface area contributed by atoms with E-state index in [-0.39, 0.29) is 29.8 Å². The van der Waals surface area contributed by atoms with E-state index in [1.54, 1.807) is 12.1 Å². The number of carbonyl (C=O) groups is 3. The molecule has 1 aliphatic rings. The van der Waals surface area contributed by atoms with Gasteiger partial charge in [0, 0.05) is 24.6 Å². The fraction of sp³-hybridized carbons (Fsp3) is 0.391. The van der Waals surface area contributed by atoms with Crippen molar-refractivity contribution in [1.29, 1.82) is 0 Å². The van der Waals surface area contributed by atoms with E-state index < -0.39 is 5.92 Å². The highest BCUT2D eigenvalue weighted by Crippen LogP contribution is 2.37. The third kappa shape index (κ3) is 4.03. The van der Waals surface area contributed by atoms with E-state index in [0.29, 0.717) is 18.7 Å². The van der Waals surface area contributed by atoms with Crippen LogP contribution in [0.3, 0.4) is 0 Å². The number of hydrogen-bond acceptors (Lipinski definition) is 4. The van der Waals surface area contributed by atoms with Crippen molar-refractivity contribution in [2.45, 2.75) is 46.5 Å². The third-order valence-corrected chi connectivity index (χ3v) is 5.38. The number of carbonyl (C=O) groups excluding carboxylic acids is 3. The number of rotatable bonds is 5. The fourth-order valence-electron chi connectivity index (χ4n) is 4.17. The summed E-state index contributed by atoms with van der Waals surface area (Å²) < 4.78 is 0. The summed E-state index contributed by atoms with van der Waals surface area (Å²) in [5, 5.41) is 2.81. The molecule has 1 aromatic carbocycles. The number of nitrogens with one attached hydrogen (secondary N) is 1. The smallest absolute Gasteiger partial charge is 0.269 e. The third-order valence-electron chi connectivity index (χ3n) is 5.38. The molecule has 1 heterocycles. The molecule has 1 aromatic heterocycles. The van der Waals surface area contributed by atoms with E-state index in [2.05, 4.69) is 10.3 Å². The lowest BCUT2D eigenvalue weighted by atomic mass is 9.86. The lowest BCUT2D eigenvalue weighted by Crippen LogP contribution is -2.28. The molecule has 5 nitrogen and oxygen atoms in total. The van der Waals surface area contributed by atoms with Crippen LogP contribution in [0.25, 0.3) is 0 Å². The molecule has 3 rings (SSSR count). The van der Waals surface area contributed by atoms with Crippen LogP contribution in [0.2, 0.25) is 0 Å². The van der Waals surface area contributed by atoms with Crippen molar-refractivity contribution in [1.82, 2.24) is 10.3 Å². The van der Waals surface area contributed by atoms with Gasteiger partial charge < -0.3 is 5.32 Å². The van der Waals surface area contributed by atoms with Crippen LogP contribution in [0.1, 0.15) is 57.2 Å². The number of amides is 1. The van der Waals surface area contributed by atoms with E-state index in [9.17, 15) is 14.4 Å². The summed E-state index contributed by atoms with van der Waals surface area (Å²) in [5.41, 5.74) is 5.10. The number of benzene rings is 1. The van der Waals surface area contributed by atoms with Crippen molar-refractivity contribution < 1.29 is 14.4 Å². The largest absolute Gasteiger partial charge is 0.351 e. The second-order valence-corrected chi connectivity index (χ2v) is 7.72. The topological polar surface area (TPSA) is 76.1 Å². The zero-order valence-corrected chi connectivity index (χ0v) is 16.8. The van der Waals surface area contributed by atoms with Crippen molar-refractivity contribution in [2.24, 2.45) is 5.92 Å². The summed E-state index contributed by atoms with van der Waals surface area (Å²) in [5.74, 6) is -1.31. The Morgan fingerprint density at radius 1 is 1.11 bits per heavy atom. The van der Waals surface area contributed by atoms with Gasteiger partial charge in [-0.3, -0.25) is 14.4 Å². The Balaban J connectivity index is 1.65. The summed E-state index contributed by atoms with van der Waals surface area (Å²) in [6.45, 7) is 8.10. The first-order chi connectivity index (χ1) is 13.3. The Morgan fingerprint density at radius 2 is 1.79 bits per heavy atom. The number of Topliss-reactive ketones (excluding diaryl/α,β-unsaturated/α-hetero) is 2. The maximum atomic E-state index is 13.0. The van der Waals surface area contributed by atoms with Gasteiger partial charge in [0.1, 0.15) is 17.4 Å². The summed E-state index contributed by atoms with van der Waals surface area (Å²) in [6, 6.07) is 9.31. The van der Waals surface area contributed by atoms with Gasteiger partial charge in [-0.05, 0) is 62.9 Å². The van der Waals surface area contributed by atoms with Gasteiger partial charge in [0.25, 0.3) is 5.91 Å². The van der Waals surface area contributed by atoms with Crippen molar-refractivity contribution in [2.75, 3.05) is 6.54 Å². The predicted molar refractivity (Wildman–Crippen MR) is 107 cm³/mol. The molecule has 146 valence electrons. The van der Waals surface area contributed by atoms with Crippen LogP contribution < -0.4 is 5.32 Å². The Morgan fingerprint density at radius 3 is 2.43 bits per heavy atom. The second kappa shape index (κ2) is 8.05. The highest BCUT2D eigenvalue weighted by atomic mass is 16.2. The van der Waals surface area contributed by atoms with E-state index in [1.807, 2.05) is 45.9 Å². The zero-order valence-electron chi connectivity index (χ0n) is 16.8. The number of pyridine rings is 1. The molecule has 28 heavy (non-hydrogen) atoms. The summed E-state index contributed by atoms with van der Waals surface area (Å²) in [7, 11) is 0. The standard InChI is InChI=1S/C23H26N2O3/c1-13-10-14(2)20(15(3)11-13)21-19(26)12-17(22(21)27)8-9-24-23(28)18-7-5-6-16(4)25-18/h5-7,10-11,17,21H,8-9,12H2,1-4H3,(H,24,28). The molecule has 0 radical (unpaired) electrons. The molecule has 0 aliphatic heterocycles. The first-order valence-corrected chi connectivity index (χ1v) is 9.64. The molecule has 0 bridgehead atoms. The molecule has 1 N–H and O–H groups in total. The van der Waals surface area contributed by atoms with Gasteiger partial charge in [-0.1, -0.05) is 23.8 Å². The molecule has 0 saturated heterocycles. The van der Waals surface area contributed by atoms with E-state index in [4.69, 9.17) is 0 Å². The van der Waals surface area contributed by atoms with Crippen molar-refractivity contribution in [3.05, 3.63) is 64.0 Å². The van der Waals surface area contributed by atoms with Crippen LogP contribution in [0.4, 0.5) is 0 Å². The molecule has 0 spiro atoms. The molecular weight excluding hydrogens is 352 g/mol. The van der Waals surface area contributed by atoms with Gasteiger partial charge in [-0.15, -0.1) is 0 Å². The van der Waals surface area contributed by atoms with E-state index in [0.717, 1.165) is 27.9 Å². The molecule has 2 atom stereocenters. The van der Waals surface area contributed by atoms with Crippen molar-refractivity contribution >= 4 is 17.5 Å². The van der Waals surface area contributed by atoms with Gasteiger partial charge in [0.05, 0.1) is 0 Å². The van der Waals surface area contributed by atoms with E-state index in [1.165, 1.54) is 0 Å². The number of aryl methyl sites for hydroxylation is 4. The second-order valence-electron chi connectivity index (χ2n) is 7.72. The molecular formula is C23H26N2O3. The maximum Gasteiger partial charge on any atom is 0.269 e. The lowest BCUT2D eigenvalue weighted by molar-refractivity contribution is -0.124. The Hall–Kier alpha value is -2.82. The van der Waals surface area contributed by atoms with Crippen LogP contribution in [0, 0.1) is 33.6 Å². The van der Waals surface area contributed by atoms with Crippen LogP contribution in [-0.4, -0.2) is 29.0 Å². The number of aromatic nitrogens is 1. The van der Waals surface area contributed by atoms with Crippen LogP contribution >= 0.6 is 0 Å². The highest BCUT2D eigenvalue weighted by molar-refractivity contribution is 6.15. The molecule has 1 fully saturated rings. The summed E-state index contributed by atoms with van der Waals surface area (Å²) in [6.07, 6.45) is 0.706. The van der Waals surface area contributed by atoms with Crippen molar-refractivity contribution in [3.8, 4) is 0 Å². The van der Waals surface area contributed by atoms with Crippen molar-refractivity contribution in [3.63, 3.8) is 0 Å². The molecule has 2 aromatic rings. The summed E-state index contributed by atoms with van der Waals surface area (Å²) >= 11 is 0. The summed E-state index contributed by atoms with van der Waals surface area (Å²) in [4.78, 5) is 42.0. The average molecular weight is 378 g/mol. The highest BCUT2D eigenvalue weighted by Gasteiger charge is 2.42. The zero-order chi connectivity index (χ0) is 20.4. The van der Waals surface area contributed by atoms with Gasteiger partial charge in [-0.2, -0.15) is 0 Å². The Bertz CT molecular complexity index is 926. The predicted octanol–water partition coefficient (Wildman–Crippen LogP) is 3.38. The molecule has 2 unspecified atom stereocenters. The SMILES string of the molecule is Cc1cc(C)c(C2C(=O)CC(CCNC(=O)c3cccc(C)n3)C2=O)c(C)c1. The minimum atomic E-state index is -0.667. The van der Waals surface area contributed by atoms with Gasteiger partial charge >= 0.3 is 0 Å². The number of ketones is 2. The maximum absolute atomic E-state index is 13.0. The average Bonchev–Trinajstić information content (AvgIpc) is 2.89. The quantitative estimate of drug-likeness (QED) is 0.810. The van der Waals surface area contributed by atoms with Crippen LogP contribution in [0.5, 0.6) is 0 Å². The minimum Gasteiger partial charge on any atom is -0.351 e. The minimum absolute atomic E-state index is 0.0169. The first-order valence-electron chi connectivity index (χ1n) is 9.64. The van der Waals surface area contributed by atoms with Crippen LogP contribution in [0.15, 0.2) is 30.3 Å². The van der Waals surface area contributed by atoms with Gasteiger partial charge in [0.2, 0.25) is 0 Å². The molecule has 5 heteroatoms. The van der Waals surface area contributed by atoms with Gasteiger partial charge in [-0.25, -0.2) is 4.98 Å². The van der Waals surface area contributed by atoms with Crippen LogP contribution in [-0.2, 0) is 9.59 Å². The van der Waals surface area contributed by atoms with E-state index >= 15 is 0 Å². The monoisotopic (exact) mass is 378 g/mol. The lowest BCUT2D eigenvalue weighted by Gasteiger charge is -2.16. The van der Waals surface area contributed by atoms with Gasteiger partial charge in [0.15, 0.2) is 5.78 Å². The number of nitrogens with zero attached hydrogens (tertiary/aromatic N) is 1. The molecule has 1 amide bonds. The Labute approximate surface area is 165 Å². The molecule has 1 saturated carbocycles. The number of hydrogen-bond donors (Lipinski definition) is 1. The Kier molecular flexibility index (Phi) is 5.73. The normalized spacial score (nSPS) is 19.1. The molecule has 1 aliphatic carbocycles.